The van der Waals surface area contributed by atoms with Gasteiger partial charge in [0.05, 0.1) is 19.8 Å². The molecule has 2 N–H and O–H groups in total. The lowest BCUT2D eigenvalue weighted by molar-refractivity contribution is -0.130. The van der Waals surface area contributed by atoms with E-state index in [0.717, 1.165) is 5.56 Å². The number of hydrogen-bond acceptors (Lipinski definition) is 4. The molecule has 0 atom stereocenters. The molecule has 0 aromatic heterocycles. The van der Waals surface area contributed by atoms with Crippen molar-refractivity contribution in [3.63, 3.8) is 0 Å². The smallest absolute Gasteiger partial charge is 0.246 e. The third kappa shape index (κ3) is 4.03. The first-order valence-corrected chi connectivity index (χ1v) is 7.54. The molecule has 2 rings (SSSR count). The minimum absolute atomic E-state index is 0.0964. The standard InChI is InChI=1S/C17H22N2O4/c1-22-14-4-3-5-15(23-2)13(14)6-7-16(20)19-10-8-12(9-11-19)17(18)21/h3-7,12H,8-11H2,1-2H3,(H2,18,21). The molecule has 1 fully saturated rings. The largest absolute Gasteiger partial charge is 0.496 e. The fourth-order valence-corrected chi connectivity index (χ4v) is 2.69. The van der Waals surface area contributed by atoms with Crippen molar-refractivity contribution < 1.29 is 19.1 Å². The lowest BCUT2D eigenvalue weighted by atomic mass is 9.96. The number of amides is 2. The maximum Gasteiger partial charge on any atom is 0.246 e. The lowest BCUT2D eigenvalue weighted by Crippen LogP contribution is -2.41. The number of carbonyl (C=O) groups excluding carboxylic acids is 2. The normalized spacial score (nSPS) is 15.7. The summed E-state index contributed by atoms with van der Waals surface area (Å²) in [6.45, 7) is 1.08. The minimum atomic E-state index is -0.286. The fraction of sp³-hybridized carbons (Fsp3) is 0.412. The summed E-state index contributed by atoms with van der Waals surface area (Å²) in [5.41, 5.74) is 6.02. The number of nitrogens with zero attached hydrogens (tertiary/aromatic N) is 1. The van der Waals surface area contributed by atoms with Gasteiger partial charge in [0.2, 0.25) is 11.8 Å². The van der Waals surface area contributed by atoms with Crippen LogP contribution in [0.4, 0.5) is 0 Å². The van der Waals surface area contributed by atoms with E-state index in [4.69, 9.17) is 15.2 Å². The molecule has 1 aromatic rings. The van der Waals surface area contributed by atoms with Crippen molar-refractivity contribution in [2.45, 2.75) is 12.8 Å². The van der Waals surface area contributed by atoms with E-state index in [-0.39, 0.29) is 17.7 Å². The molecule has 0 saturated carbocycles. The summed E-state index contributed by atoms with van der Waals surface area (Å²) in [6.07, 6.45) is 4.44. The van der Waals surface area contributed by atoms with Gasteiger partial charge in [-0.05, 0) is 31.1 Å². The van der Waals surface area contributed by atoms with Crippen LogP contribution in [0, 0.1) is 5.92 Å². The average Bonchev–Trinajstić information content (AvgIpc) is 2.59. The molecule has 23 heavy (non-hydrogen) atoms. The van der Waals surface area contributed by atoms with Gasteiger partial charge in [0.1, 0.15) is 11.5 Å². The van der Waals surface area contributed by atoms with Crippen molar-refractivity contribution in [3.8, 4) is 11.5 Å². The number of rotatable bonds is 5. The Morgan fingerprint density at radius 2 is 1.74 bits per heavy atom. The SMILES string of the molecule is COc1cccc(OC)c1C=CC(=O)N1CCC(C(N)=O)CC1. The Hall–Kier alpha value is -2.50. The predicted molar refractivity (Wildman–Crippen MR) is 87.1 cm³/mol. The molecule has 0 bridgehead atoms. The Balaban J connectivity index is 2.06. The van der Waals surface area contributed by atoms with E-state index in [0.29, 0.717) is 37.4 Å². The van der Waals surface area contributed by atoms with E-state index >= 15 is 0 Å². The van der Waals surface area contributed by atoms with Crippen molar-refractivity contribution in [1.82, 2.24) is 4.90 Å². The van der Waals surface area contributed by atoms with Crippen LogP contribution in [0.25, 0.3) is 6.08 Å². The second kappa shape index (κ2) is 7.67. The van der Waals surface area contributed by atoms with Gasteiger partial charge in [-0.1, -0.05) is 6.07 Å². The van der Waals surface area contributed by atoms with E-state index in [9.17, 15) is 9.59 Å². The van der Waals surface area contributed by atoms with Crippen molar-refractivity contribution in [2.24, 2.45) is 11.7 Å². The quantitative estimate of drug-likeness (QED) is 0.833. The molecule has 0 radical (unpaired) electrons. The molecule has 6 nitrogen and oxygen atoms in total. The topological polar surface area (TPSA) is 81.9 Å². The number of ether oxygens (including phenoxy) is 2. The highest BCUT2D eigenvalue weighted by Gasteiger charge is 2.24. The zero-order chi connectivity index (χ0) is 16.8. The van der Waals surface area contributed by atoms with E-state index in [1.807, 2.05) is 18.2 Å². The highest BCUT2D eigenvalue weighted by Crippen LogP contribution is 2.29. The highest BCUT2D eigenvalue weighted by atomic mass is 16.5. The third-order valence-electron chi connectivity index (χ3n) is 4.07. The molecule has 2 amide bonds. The molecular formula is C17H22N2O4. The van der Waals surface area contributed by atoms with Crippen LogP contribution in [0.2, 0.25) is 0 Å². The molecule has 1 aromatic carbocycles. The Morgan fingerprint density at radius 3 is 2.22 bits per heavy atom. The number of nitrogens with two attached hydrogens (primary N) is 1. The molecule has 1 saturated heterocycles. The second-order valence-corrected chi connectivity index (χ2v) is 5.41. The Kier molecular flexibility index (Phi) is 5.62. The number of likely N-dealkylation sites (tertiary alicyclic amines) is 1. The summed E-state index contributed by atoms with van der Waals surface area (Å²) in [7, 11) is 3.14. The number of carbonyl (C=O) groups is 2. The number of primary amides is 1. The Morgan fingerprint density at radius 1 is 1.17 bits per heavy atom. The third-order valence-corrected chi connectivity index (χ3v) is 4.07. The van der Waals surface area contributed by atoms with E-state index in [2.05, 4.69) is 0 Å². The summed E-state index contributed by atoms with van der Waals surface area (Å²) in [4.78, 5) is 25.2. The van der Waals surface area contributed by atoms with Crippen LogP contribution >= 0.6 is 0 Å². The first-order valence-electron chi connectivity index (χ1n) is 7.54. The van der Waals surface area contributed by atoms with Gasteiger partial charge >= 0.3 is 0 Å². The second-order valence-electron chi connectivity index (χ2n) is 5.41. The van der Waals surface area contributed by atoms with E-state index in [1.54, 1.807) is 25.2 Å². The van der Waals surface area contributed by atoms with Crippen LogP contribution in [0.1, 0.15) is 18.4 Å². The summed E-state index contributed by atoms with van der Waals surface area (Å²) in [6, 6.07) is 5.45. The van der Waals surface area contributed by atoms with Gasteiger partial charge in [0, 0.05) is 25.1 Å². The van der Waals surface area contributed by atoms with Gasteiger partial charge in [-0.25, -0.2) is 0 Å². The molecule has 1 aliphatic heterocycles. The maximum absolute atomic E-state index is 12.3. The van der Waals surface area contributed by atoms with E-state index in [1.165, 1.54) is 6.08 Å². The molecule has 6 heteroatoms. The van der Waals surface area contributed by atoms with Crippen LogP contribution in [0.3, 0.4) is 0 Å². The zero-order valence-corrected chi connectivity index (χ0v) is 13.5. The van der Waals surface area contributed by atoms with Gasteiger partial charge < -0.3 is 20.1 Å². The molecule has 0 aliphatic carbocycles. The van der Waals surface area contributed by atoms with Gasteiger partial charge in [0.25, 0.3) is 0 Å². The molecule has 0 unspecified atom stereocenters. The molecular weight excluding hydrogens is 296 g/mol. The number of hydrogen-bond donors (Lipinski definition) is 1. The van der Waals surface area contributed by atoms with Crippen LogP contribution in [0.5, 0.6) is 11.5 Å². The van der Waals surface area contributed by atoms with Crippen LogP contribution < -0.4 is 15.2 Å². The van der Waals surface area contributed by atoms with E-state index < -0.39 is 0 Å². The summed E-state index contributed by atoms with van der Waals surface area (Å²) < 4.78 is 10.6. The summed E-state index contributed by atoms with van der Waals surface area (Å²) >= 11 is 0. The van der Waals surface area contributed by atoms with Crippen LogP contribution in [-0.4, -0.2) is 44.0 Å². The number of methoxy groups -OCH3 is 2. The molecule has 1 aliphatic rings. The van der Waals surface area contributed by atoms with Crippen molar-refractivity contribution in [2.75, 3.05) is 27.3 Å². The molecule has 124 valence electrons. The van der Waals surface area contributed by atoms with Gasteiger partial charge in [0.15, 0.2) is 0 Å². The maximum atomic E-state index is 12.3. The van der Waals surface area contributed by atoms with Crippen LogP contribution in [0.15, 0.2) is 24.3 Å². The Labute approximate surface area is 135 Å². The number of benzene rings is 1. The Bertz CT molecular complexity index is 582. The fourth-order valence-electron chi connectivity index (χ4n) is 2.69. The average molecular weight is 318 g/mol. The highest BCUT2D eigenvalue weighted by molar-refractivity contribution is 5.93. The first kappa shape index (κ1) is 16.9. The summed E-state index contributed by atoms with van der Waals surface area (Å²) in [5, 5.41) is 0. The molecule has 1 heterocycles. The predicted octanol–water partition coefficient (Wildman–Crippen LogP) is 1.44. The first-order chi connectivity index (χ1) is 11.1. The zero-order valence-electron chi connectivity index (χ0n) is 13.5. The van der Waals surface area contributed by atoms with Crippen molar-refractivity contribution >= 4 is 17.9 Å². The summed E-state index contributed by atoms with van der Waals surface area (Å²) in [5.74, 6) is 0.770. The van der Waals surface area contributed by atoms with Gasteiger partial charge in [-0.3, -0.25) is 9.59 Å². The lowest BCUT2D eigenvalue weighted by Gasteiger charge is -2.29. The van der Waals surface area contributed by atoms with Crippen molar-refractivity contribution in [3.05, 3.63) is 29.8 Å². The monoisotopic (exact) mass is 318 g/mol. The van der Waals surface area contributed by atoms with Gasteiger partial charge in [-0.15, -0.1) is 0 Å². The van der Waals surface area contributed by atoms with Crippen molar-refractivity contribution in [1.29, 1.82) is 0 Å². The van der Waals surface area contributed by atoms with Crippen LogP contribution in [-0.2, 0) is 9.59 Å². The minimum Gasteiger partial charge on any atom is -0.496 e. The van der Waals surface area contributed by atoms with Gasteiger partial charge in [-0.2, -0.15) is 0 Å². The number of piperidine rings is 1. The molecule has 0 spiro atoms.